The molecule has 0 fully saturated rings. The highest BCUT2D eigenvalue weighted by molar-refractivity contribution is 6.19. The quantitative estimate of drug-likeness (QED) is 0.177. The largest absolute Gasteiger partial charge is 0.455 e. The van der Waals surface area contributed by atoms with E-state index in [1.807, 2.05) is 60.7 Å². The molecule has 8 aromatic carbocycles. The van der Waals surface area contributed by atoms with Crippen molar-refractivity contribution in [2.24, 2.45) is 0 Å². The van der Waals surface area contributed by atoms with Gasteiger partial charge in [-0.15, -0.1) is 0 Å². The van der Waals surface area contributed by atoms with Crippen molar-refractivity contribution < 1.29 is 4.42 Å². The van der Waals surface area contributed by atoms with E-state index >= 15 is 0 Å². The highest BCUT2D eigenvalue weighted by Gasteiger charge is 2.21. The smallest absolute Gasteiger partial charge is 0.167 e. The van der Waals surface area contributed by atoms with Crippen LogP contribution in [0.3, 0.4) is 0 Å². The Hall–Kier alpha value is -7.83. The van der Waals surface area contributed by atoms with E-state index in [1.165, 1.54) is 27.1 Å². The maximum Gasteiger partial charge on any atom is 0.167 e. The molecule has 0 radical (unpaired) electrons. The minimum atomic E-state index is 0.557. The normalized spacial score (nSPS) is 11.9. The van der Waals surface area contributed by atoms with Crippen LogP contribution in [0, 0.1) is 0 Å². The molecule has 0 amide bonds. The number of fused-ring (bicyclic) bond motifs is 9. The second-order valence-corrected chi connectivity index (χ2v) is 14.4. The summed E-state index contributed by atoms with van der Waals surface area (Å²) in [6.07, 6.45) is 0. The average Bonchev–Trinajstić information content (AvgIpc) is 3.93. The van der Waals surface area contributed by atoms with Crippen LogP contribution in [0.2, 0.25) is 0 Å². The SMILES string of the molecule is c1ccc(-c2nc(-c3cccc(-n4c5ccccc5c5cc6c7ccccc7n(-c7ccccc7)c6cc54)c3)nc(-c3cccc4c3oc3ccccc34)n2)cc1. The van der Waals surface area contributed by atoms with Crippen molar-refractivity contribution in [1.29, 1.82) is 0 Å². The van der Waals surface area contributed by atoms with Gasteiger partial charge in [0.1, 0.15) is 11.2 Å². The van der Waals surface area contributed by atoms with Gasteiger partial charge in [-0.2, -0.15) is 0 Å². The number of para-hydroxylation sites is 5. The first kappa shape index (κ1) is 31.5. The van der Waals surface area contributed by atoms with Gasteiger partial charge in [0.05, 0.1) is 27.6 Å². The van der Waals surface area contributed by atoms with Crippen LogP contribution < -0.4 is 0 Å². The molecule has 0 aliphatic heterocycles. The summed E-state index contributed by atoms with van der Waals surface area (Å²) in [6.45, 7) is 0. The van der Waals surface area contributed by atoms with Gasteiger partial charge in [0.2, 0.25) is 0 Å². The van der Waals surface area contributed by atoms with Gasteiger partial charge in [-0.05, 0) is 60.7 Å². The van der Waals surface area contributed by atoms with E-state index < -0.39 is 0 Å². The van der Waals surface area contributed by atoms with E-state index in [9.17, 15) is 0 Å². The van der Waals surface area contributed by atoms with E-state index in [0.717, 1.165) is 66.6 Å². The predicted molar refractivity (Wildman–Crippen MR) is 232 cm³/mol. The molecule has 57 heavy (non-hydrogen) atoms. The van der Waals surface area contributed by atoms with Gasteiger partial charge in [0, 0.05) is 54.8 Å². The second kappa shape index (κ2) is 12.3. The van der Waals surface area contributed by atoms with Crippen LogP contribution in [0.1, 0.15) is 0 Å². The minimum Gasteiger partial charge on any atom is -0.455 e. The van der Waals surface area contributed by atoms with Gasteiger partial charge < -0.3 is 13.6 Å². The Labute approximate surface area is 326 Å². The zero-order valence-corrected chi connectivity index (χ0v) is 30.5. The Kier molecular flexibility index (Phi) is 6.83. The standard InChI is InChI=1S/C51H31N5O/c1-3-15-32(16-4-1)49-52-50(54-51(53-49)40-25-14-24-39-38-23-9-12-28-47(38)57-48(39)40)33-17-13-20-35(29-33)56-44-27-11-8-22-37(44)42-30-41-36-21-7-10-26-43(36)55(45(41)31-46(42)56)34-18-5-2-6-19-34/h1-31H. The van der Waals surface area contributed by atoms with E-state index in [2.05, 4.69) is 137 Å². The summed E-state index contributed by atoms with van der Waals surface area (Å²) >= 11 is 0. The first-order chi connectivity index (χ1) is 28.3. The lowest BCUT2D eigenvalue weighted by atomic mass is 10.1. The molecule has 12 rings (SSSR count). The van der Waals surface area contributed by atoms with E-state index in [1.54, 1.807) is 0 Å². The van der Waals surface area contributed by atoms with Crippen molar-refractivity contribution >= 4 is 65.6 Å². The molecule has 0 saturated heterocycles. The molecule has 0 aliphatic rings. The molecule has 6 heteroatoms. The summed E-state index contributed by atoms with van der Waals surface area (Å²) in [5.41, 5.74) is 10.9. The molecule has 0 unspecified atom stereocenters. The summed E-state index contributed by atoms with van der Waals surface area (Å²) in [7, 11) is 0. The molecule has 266 valence electrons. The monoisotopic (exact) mass is 729 g/mol. The summed E-state index contributed by atoms with van der Waals surface area (Å²) in [5.74, 6) is 1.74. The number of nitrogens with zero attached hydrogens (tertiary/aromatic N) is 5. The van der Waals surface area contributed by atoms with E-state index in [0.29, 0.717) is 17.5 Å². The van der Waals surface area contributed by atoms with E-state index in [4.69, 9.17) is 19.4 Å². The molecule has 4 aromatic heterocycles. The molecule has 0 spiro atoms. The molecular weight excluding hydrogens is 699 g/mol. The maximum atomic E-state index is 6.46. The van der Waals surface area contributed by atoms with Crippen LogP contribution >= 0.6 is 0 Å². The van der Waals surface area contributed by atoms with Crippen LogP contribution in [0.4, 0.5) is 0 Å². The maximum absolute atomic E-state index is 6.46. The molecule has 12 aromatic rings. The zero-order valence-electron chi connectivity index (χ0n) is 30.5. The van der Waals surface area contributed by atoms with Gasteiger partial charge in [0.25, 0.3) is 0 Å². The molecule has 4 heterocycles. The Bertz CT molecular complexity index is 3520. The van der Waals surface area contributed by atoms with Crippen LogP contribution in [-0.2, 0) is 0 Å². The Morgan fingerprint density at radius 1 is 0.333 bits per heavy atom. The zero-order chi connectivity index (χ0) is 37.5. The second-order valence-electron chi connectivity index (χ2n) is 14.4. The average molecular weight is 730 g/mol. The third kappa shape index (κ3) is 4.87. The first-order valence-electron chi connectivity index (χ1n) is 19.1. The number of benzene rings is 8. The number of aromatic nitrogens is 5. The summed E-state index contributed by atoms with van der Waals surface area (Å²) in [4.78, 5) is 15.4. The van der Waals surface area contributed by atoms with Gasteiger partial charge in [-0.1, -0.05) is 127 Å². The van der Waals surface area contributed by atoms with Crippen molar-refractivity contribution in [3.63, 3.8) is 0 Å². The van der Waals surface area contributed by atoms with Crippen LogP contribution in [0.15, 0.2) is 192 Å². The van der Waals surface area contributed by atoms with Crippen LogP contribution in [0.25, 0.3) is 111 Å². The molecule has 6 nitrogen and oxygen atoms in total. The fourth-order valence-electron chi connectivity index (χ4n) is 8.61. The van der Waals surface area contributed by atoms with Gasteiger partial charge >= 0.3 is 0 Å². The van der Waals surface area contributed by atoms with Gasteiger partial charge in [-0.25, -0.2) is 15.0 Å². The van der Waals surface area contributed by atoms with Crippen molar-refractivity contribution in [2.75, 3.05) is 0 Å². The number of rotatable bonds is 5. The van der Waals surface area contributed by atoms with Crippen LogP contribution in [0.5, 0.6) is 0 Å². The summed E-state index contributed by atoms with van der Waals surface area (Å²) in [6, 6.07) is 65.6. The lowest BCUT2D eigenvalue weighted by Gasteiger charge is -2.12. The molecule has 0 atom stereocenters. The minimum absolute atomic E-state index is 0.557. The molecule has 0 bridgehead atoms. The molecule has 0 saturated carbocycles. The third-order valence-electron chi connectivity index (χ3n) is 11.2. The van der Waals surface area contributed by atoms with E-state index in [-0.39, 0.29) is 0 Å². The number of furan rings is 1. The summed E-state index contributed by atoms with van der Waals surface area (Å²) in [5, 5.41) is 6.95. The fourth-order valence-corrected chi connectivity index (χ4v) is 8.61. The molecule has 0 N–H and O–H groups in total. The Morgan fingerprint density at radius 3 is 1.60 bits per heavy atom. The summed E-state index contributed by atoms with van der Waals surface area (Å²) < 4.78 is 11.2. The first-order valence-corrected chi connectivity index (χ1v) is 19.1. The number of hydrogen-bond acceptors (Lipinski definition) is 4. The van der Waals surface area contributed by atoms with Gasteiger partial charge in [-0.3, -0.25) is 0 Å². The lowest BCUT2D eigenvalue weighted by Crippen LogP contribution is -2.01. The van der Waals surface area contributed by atoms with Crippen molar-refractivity contribution in [1.82, 2.24) is 24.1 Å². The predicted octanol–water partition coefficient (Wildman–Crippen LogP) is 13.0. The molecular formula is C51H31N5O. The van der Waals surface area contributed by atoms with Crippen molar-refractivity contribution in [3.05, 3.63) is 188 Å². The fraction of sp³-hybridized carbons (Fsp3) is 0. The molecule has 0 aliphatic carbocycles. The Balaban J connectivity index is 1.09. The lowest BCUT2D eigenvalue weighted by molar-refractivity contribution is 0.669. The highest BCUT2D eigenvalue weighted by atomic mass is 16.3. The highest BCUT2D eigenvalue weighted by Crippen LogP contribution is 2.40. The van der Waals surface area contributed by atoms with Crippen LogP contribution in [-0.4, -0.2) is 24.1 Å². The van der Waals surface area contributed by atoms with Crippen molar-refractivity contribution in [3.8, 4) is 45.5 Å². The number of hydrogen-bond donors (Lipinski definition) is 0. The Morgan fingerprint density at radius 2 is 0.860 bits per heavy atom. The van der Waals surface area contributed by atoms with Crippen molar-refractivity contribution in [2.45, 2.75) is 0 Å². The topological polar surface area (TPSA) is 61.7 Å². The third-order valence-corrected chi connectivity index (χ3v) is 11.2. The van der Waals surface area contributed by atoms with Gasteiger partial charge in [0.15, 0.2) is 17.5 Å².